The lowest BCUT2D eigenvalue weighted by Gasteiger charge is -2.29. The van der Waals surface area contributed by atoms with Crippen LogP contribution in [0.1, 0.15) is 33.3 Å². The van der Waals surface area contributed by atoms with Gasteiger partial charge in [-0.15, -0.1) is 0 Å². The quantitative estimate of drug-likeness (QED) is 0.353. The molecular weight excluding hydrogens is 324 g/mol. The van der Waals surface area contributed by atoms with E-state index in [1.54, 1.807) is 18.2 Å². The Kier molecular flexibility index (Phi) is 5.51. The lowest BCUT2D eigenvalue weighted by Crippen LogP contribution is -2.41. The molecule has 0 atom stereocenters. The van der Waals surface area contributed by atoms with E-state index < -0.39 is 17.7 Å². The minimum absolute atomic E-state index is 0.167. The van der Waals surface area contributed by atoms with Crippen molar-refractivity contribution in [3.8, 4) is 11.5 Å². The molecule has 6 heteroatoms. The van der Waals surface area contributed by atoms with E-state index in [2.05, 4.69) is 0 Å². The second-order valence-corrected chi connectivity index (χ2v) is 6.24. The van der Waals surface area contributed by atoms with E-state index in [0.29, 0.717) is 23.7 Å². The second kappa shape index (κ2) is 7.42. The minimum atomic E-state index is -1.26. The van der Waals surface area contributed by atoms with Crippen molar-refractivity contribution in [2.45, 2.75) is 33.5 Å². The molecule has 0 N–H and O–H groups in total. The number of cyclic esters (lactones) is 2. The number of hydrogen-bond acceptors (Lipinski definition) is 6. The van der Waals surface area contributed by atoms with Crippen LogP contribution in [0.4, 0.5) is 0 Å². The van der Waals surface area contributed by atoms with Crippen LogP contribution in [0.25, 0.3) is 6.08 Å². The van der Waals surface area contributed by atoms with Crippen molar-refractivity contribution in [2.75, 3.05) is 13.7 Å². The summed E-state index contributed by atoms with van der Waals surface area (Å²) in [5.74, 6) is -1.63. The molecule has 0 aromatic heterocycles. The van der Waals surface area contributed by atoms with Gasteiger partial charge >= 0.3 is 11.9 Å². The Morgan fingerprint density at radius 1 is 1.12 bits per heavy atom. The molecule has 1 aromatic rings. The van der Waals surface area contributed by atoms with Gasteiger partial charge in [-0.05, 0) is 43.7 Å². The molecular formula is C19H22O6. The van der Waals surface area contributed by atoms with Crippen LogP contribution in [0.3, 0.4) is 0 Å². The summed E-state index contributed by atoms with van der Waals surface area (Å²) in [5, 5.41) is 0. The zero-order valence-electron chi connectivity index (χ0n) is 15.0. The summed E-state index contributed by atoms with van der Waals surface area (Å²) in [6, 6.07) is 5.10. The highest BCUT2D eigenvalue weighted by molar-refractivity contribution is 6.18. The third kappa shape index (κ3) is 4.86. The summed E-state index contributed by atoms with van der Waals surface area (Å²) in [6.45, 7) is 7.40. The maximum Gasteiger partial charge on any atom is 0.348 e. The fraction of sp³-hybridized carbons (Fsp3) is 0.368. The van der Waals surface area contributed by atoms with E-state index in [0.717, 1.165) is 5.57 Å². The molecule has 1 aromatic carbocycles. The van der Waals surface area contributed by atoms with E-state index in [1.165, 1.54) is 27.0 Å². The number of methoxy groups -OCH3 is 1. The Hall–Kier alpha value is -2.76. The summed E-state index contributed by atoms with van der Waals surface area (Å²) in [5.41, 5.74) is 1.58. The molecule has 1 aliphatic rings. The van der Waals surface area contributed by atoms with Crippen molar-refractivity contribution in [1.29, 1.82) is 0 Å². The number of allylic oxidation sites excluding steroid dienone is 1. The average Bonchev–Trinajstić information content (AvgIpc) is 2.50. The van der Waals surface area contributed by atoms with Crippen LogP contribution < -0.4 is 9.47 Å². The number of ether oxygens (including phenoxy) is 4. The van der Waals surface area contributed by atoms with Crippen molar-refractivity contribution in [3.05, 3.63) is 41.0 Å². The van der Waals surface area contributed by atoms with Gasteiger partial charge in [0.2, 0.25) is 0 Å². The Morgan fingerprint density at radius 2 is 1.76 bits per heavy atom. The van der Waals surface area contributed by atoms with Gasteiger partial charge in [-0.2, -0.15) is 0 Å². The number of rotatable bonds is 5. The predicted octanol–water partition coefficient (Wildman–Crippen LogP) is 3.26. The molecule has 0 bridgehead atoms. The maximum absolute atomic E-state index is 12.0. The van der Waals surface area contributed by atoms with Gasteiger partial charge in [0, 0.05) is 13.8 Å². The molecule has 1 heterocycles. The van der Waals surface area contributed by atoms with Crippen molar-refractivity contribution < 1.29 is 28.5 Å². The Labute approximate surface area is 147 Å². The number of benzene rings is 1. The van der Waals surface area contributed by atoms with E-state index in [9.17, 15) is 9.59 Å². The predicted molar refractivity (Wildman–Crippen MR) is 92.2 cm³/mol. The van der Waals surface area contributed by atoms with Crippen LogP contribution in [0.15, 0.2) is 35.4 Å². The molecule has 2 rings (SSSR count). The number of esters is 2. The first-order valence-electron chi connectivity index (χ1n) is 7.84. The molecule has 0 aliphatic carbocycles. The van der Waals surface area contributed by atoms with Gasteiger partial charge in [-0.3, -0.25) is 0 Å². The minimum Gasteiger partial charge on any atom is -0.493 e. The normalized spacial score (nSPS) is 15.8. The Balaban J connectivity index is 2.24. The molecule has 1 fully saturated rings. The highest BCUT2D eigenvalue weighted by atomic mass is 16.7. The van der Waals surface area contributed by atoms with Crippen LogP contribution in [0.5, 0.6) is 11.5 Å². The van der Waals surface area contributed by atoms with Gasteiger partial charge in [0.25, 0.3) is 5.79 Å². The average molecular weight is 346 g/mol. The Morgan fingerprint density at radius 3 is 2.32 bits per heavy atom. The van der Waals surface area contributed by atoms with Gasteiger partial charge in [-0.1, -0.05) is 11.6 Å². The molecule has 0 saturated carbocycles. The van der Waals surface area contributed by atoms with Gasteiger partial charge in [0.1, 0.15) is 12.2 Å². The summed E-state index contributed by atoms with van der Waals surface area (Å²) < 4.78 is 21.1. The fourth-order valence-corrected chi connectivity index (χ4v) is 2.14. The zero-order chi connectivity index (χ0) is 18.6. The van der Waals surface area contributed by atoms with Gasteiger partial charge in [0.05, 0.1) is 7.11 Å². The van der Waals surface area contributed by atoms with Crippen LogP contribution in [-0.4, -0.2) is 31.4 Å². The maximum atomic E-state index is 12.0. The molecule has 25 heavy (non-hydrogen) atoms. The van der Waals surface area contributed by atoms with Crippen molar-refractivity contribution in [1.82, 2.24) is 0 Å². The summed E-state index contributed by atoms with van der Waals surface area (Å²) in [6.07, 6.45) is 3.35. The summed E-state index contributed by atoms with van der Waals surface area (Å²) in [4.78, 5) is 24.0. The molecule has 134 valence electrons. The van der Waals surface area contributed by atoms with Crippen LogP contribution in [0.2, 0.25) is 0 Å². The highest BCUT2D eigenvalue weighted by Crippen LogP contribution is 2.30. The topological polar surface area (TPSA) is 71.1 Å². The zero-order valence-corrected chi connectivity index (χ0v) is 15.0. The standard InChI is InChI=1S/C19H22O6/c1-12(2)8-9-23-15-7-6-13(11-16(15)22-5)10-14-17(20)24-19(3,4)25-18(14)21/h6-8,10-11H,9H2,1-5H3. The van der Waals surface area contributed by atoms with Gasteiger partial charge < -0.3 is 18.9 Å². The highest BCUT2D eigenvalue weighted by Gasteiger charge is 2.38. The van der Waals surface area contributed by atoms with Crippen molar-refractivity contribution >= 4 is 18.0 Å². The molecule has 6 nitrogen and oxygen atoms in total. The molecule has 0 radical (unpaired) electrons. The lowest BCUT2D eigenvalue weighted by molar-refractivity contribution is -0.222. The summed E-state index contributed by atoms with van der Waals surface area (Å²) in [7, 11) is 1.52. The molecule has 0 amide bonds. The largest absolute Gasteiger partial charge is 0.493 e. The van der Waals surface area contributed by atoms with Crippen LogP contribution in [-0.2, 0) is 19.1 Å². The van der Waals surface area contributed by atoms with E-state index in [4.69, 9.17) is 18.9 Å². The number of carbonyl (C=O) groups excluding carboxylic acids is 2. The third-order valence-corrected chi connectivity index (χ3v) is 3.35. The third-order valence-electron chi connectivity index (χ3n) is 3.35. The first kappa shape index (κ1) is 18.6. The molecule has 1 saturated heterocycles. The summed E-state index contributed by atoms with van der Waals surface area (Å²) >= 11 is 0. The van der Waals surface area contributed by atoms with Gasteiger partial charge in [-0.25, -0.2) is 9.59 Å². The monoisotopic (exact) mass is 346 g/mol. The van der Waals surface area contributed by atoms with E-state index in [-0.39, 0.29) is 5.57 Å². The smallest absolute Gasteiger partial charge is 0.348 e. The van der Waals surface area contributed by atoms with Crippen molar-refractivity contribution in [2.24, 2.45) is 0 Å². The first-order valence-corrected chi connectivity index (χ1v) is 7.84. The molecule has 0 unspecified atom stereocenters. The number of hydrogen-bond donors (Lipinski definition) is 0. The lowest BCUT2D eigenvalue weighted by atomic mass is 10.1. The Bertz CT molecular complexity index is 716. The molecule has 1 aliphatic heterocycles. The fourth-order valence-electron chi connectivity index (χ4n) is 2.14. The van der Waals surface area contributed by atoms with E-state index >= 15 is 0 Å². The van der Waals surface area contributed by atoms with Crippen LogP contribution >= 0.6 is 0 Å². The van der Waals surface area contributed by atoms with Gasteiger partial charge in [0.15, 0.2) is 11.5 Å². The van der Waals surface area contributed by atoms with Crippen molar-refractivity contribution in [3.63, 3.8) is 0 Å². The van der Waals surface area contributed by atoms with Crippen LogP contribution in [0, 0.1) is 0 Å². The first-order chi connectivity index (χ1) is 11.7. The second-order valence-electron chi connectivity index (χ2n) is 6.24. The van der Waals surface area contributed by atoms with E-state index in [1.807, 2.05) is 19.9 Å². The number of carbonyl (C=O) groups is 2. The molecule has 0 spiro atoms. The SMILES string of the molecule is COc1cc(C=C2C(=O)OC(C)(C)OC2=O)ccc1OCC=C(C)C.